The van der Waals surface area contributed by atoms with Gasteiger partial charge >= 0.3 is 0 Å². The summed E-state index contributed by atoms with van der Waals surface area (Å²) in [6.07, 6.45) is 9.76. The molecule has 230 valence electrons. The quantitative estimate of drug-likeness (QED) is 0.195. The number of H-pyrrole nitrogens is 1. The van der Waals surface area contributed by atoms with E-state index in [2.05, 4.69) is 37.3 Å². The molecule has 0 bridgehead atoms. The summed E-state index contributed by atoms with van der Waals surface area (Å²) in [6.45, 7) is 1.19. The number of ether oxygens (including phenoxy) is 2. The fourth-order valence-corrected chi connectivity index (χ4v) is 7.53. The van der Waals surface area contributed by atoms with Gasteiger partial charge in [-0.05, 0) is 86.1 Å². The second-order valence-electron chi connectivity index (χ2n) is 12.7. The fourth-order valence-electron chi connectivity index (χ4n) is 7.53. The predicted molar refractivity (Wildman–Crippen MR) is 174 cm³/mol. The lowest BCUT2D eigenvalue weighted by atomic mass is 9.75. The number of carbonyl (C=O) groups excluding carboxylic acids is 2. The van der Waals surface area contributed by atoms with Gasteiger partial charge in [-0.2, -0.15) is 0 Å². The second kappa shape index (κ2) is 11.0. The van der Waals surface area contributed by atoms with Gasteiger partial charge < -0.3 is 29.7 Å². The van der Waals surface area contributed by atoms with Crippen molar-refractivity contribution in [2.24, 2.45) is 0 Å². The molecule has 0 spiro atoms. The van der Waals surface area contributed by atoms with Crippen LogP contribution in [0.5, 0.6) is 11.5 Å². The number of imidazole rings is 1. The lowest BCUT2D eigenvalue weighted by Gasteiger charge is -2.40. The topological polar surface area (TPSA) is 110 Å². The number of hydrogen-bond donors (Lipinski definition) is 3. The molecule has 3 aliphatic rings. The van der Waals surface area contributed by atoms with E-state index in [1.54, 1.807) is 13.4 Å². The van der Waals surface area contributed by atoms with Crippen molar-refractivity contribution in [3.05, 3.63) is 72.1 Å². The molecule has 2 aliphatic carbocycles. The molecule has 0 atom stereocenters. The molecular formula is C36H37N5O4. The zero-order valence-electron chi connectivity index (χ0n) is 25.4. The summed E-state index contributed by atoms with van der Waals surface area (Å²) >= 11 is 0. The van der Waals surface area contributed by atoms with Crippen molar-refractivity contribution in [2.75, 3.05) is 19.0 Å². The minimum absolute atomic E-state index is 0.192. The van der Waals surface area contributed by atoms with Crippen molar-refractivity contribution in [1.29, 1.82) is 0 Å². The standard InChI is InChI=1S/C36H37N5O4/c1-44-25-10-12-27-31(20-25)45-17-16-41-30-18-23(8-11-26(30)32(33(27)41)22-6-3-2-4-7-22)34(42)40-36(14-5-15-36)35(43)39-24-9-13-28-29(19-24)38-21-37-28/h8-13,18-22H,2-7,14-17H2,1H3,(H,37,38)(H,39,43)(H,40,42). The number of amides is 2. The van der Waals surface area contributed by atoms with Crippen molar-refractivity contribution in [2.45, 2.75) is 69.4 Å². The van der Waals surface area contributed by atoms with Crippen LogP contribution in [-0.2, 0) is 11.3 Å². The van der Waals surface area contributed by atoms with Crippen molar-refractivity contribution < 1.29 is 19.1 Å². The van der Waals surface area contributed by atoms with Gasteiger partial charge in [0.1, 0.15) is 23.6 Å². The minimum Gasteiger partial charge on any atom is -0.497 e. The number of aromatic amines is 1. The van der Waals surface area contributed by atoms with Crippen LogP contribution < -0.4 is 20.1 Å². The van der Waals surface area contributed by atoms with E-state index >= 15 is 0 Å². The highest BCUT2D eigenvalue weighted by molar-refractivity contribution is 6.06. The number of aromatic nitrogens is 3. The van der Waals surface area contributed by atoms with Gasteiger partial charge in [-0.1, -0.05) is 25.3 Å². The van der Waals surface area contributed by atoms with Crippen LogP contribution >= 0.6 is 0 Å². The Balaban J connectivity index is 1.14. The molecule has 2 aromatic heterocycles. The summed E-state index contributed by atoms with van der Waals surface area (Å²) in [7, 11) is 1.67. The van der Waals surface area contributed by atoms with Gasteiger partial charge in [-0.3, -0.25) is 9.59 Å². The molecule has 2 saturated carbocycles. The number of benzene rings is 3. The monoisotopic (exact) mass is 603 g/mol. The molecule has 2 fully saturated rings. The van der Waals surface area contributed by atoms with Gasteiger partial charge in [0, 0.05) is 33.8 Å². The van der Waals surface area contributed by atoms with Crippen molar-refractivity contribution in [3.63, 3.8) is 0 Å². The third kappa shape index (κ3) is 4.72. The number of hydrogen-bond acceptors (Lipinski definition) is 5. The maximum Gasteiger partial charge on any atom is 0.252 e. The van der Waals surface area contributed by atoms with E-state index < -0.39 is 5.54 Å². The molecule has 5 aromatic rings. The van der Waals surface area contributed by atoms with Crippen LogP contribution in [-0.4, -0.2) is 45.6 Å². The van der Waals surface area contributed by atoms with Gasteiger partial charge in [0.25, 0.3) is 5.91 Å². The Morgan fingerprint density at radius 1 is 1.02 bits per heavy atom. The minimum atomic E-state index is -0.940. The summed E-state index contributed by atoms with van der Waals surface area (Å²) < 4.78 is 14.1. The third-order valence-electron chi connectivity index (χ3n) is 10.1. The second-order valence-corrected chi connectivity index (χ2v) is 12.7. The molecule has 0 unspecified atom stereocenters. The van der Waals surface area contributed by atoms with Crippen molar-refractivity contribution in [1.82, 2.24) is 19.9 Å². The van der Waals surface area contributed by atoms with Crippen molar-refractivity contribution >= 4 is 39.4 Å². The van der Waals surface area contributed by atoms with E-state index in [9.17, 15) is 9.59 Å². The summed E-state index contributed by atoms with van der Waals surface area (Å²) in [4.78, 5) is 34.7. The van der Waals surface area contributed by atoms with Crippen LogP contribution in [0.3, 0.4) is 0 Å². The average molecular weight is 604 g/mol. The van der Waals surface area contributed by atoms with Crippen LogP contribution in [0.15, 0.2) is 60.9 Å². The highest BCUT2D eigenvalue weighted by Gasteiger charge is 2.45. The van der Waals surface area contributed by atoms with Gasteiger partial charge in [0.15, 0.2) is 0 Å². The normalized spacial score (nSPS) is 17.4. The number of carbonyl (C=O) groups is 2. The molecule has 0 saturated heterocycles. The zero-order chi connectivity index (χ0) is 30.5. The van der Waals surface area contributed by atoms with E-state index in [4.69, 9.17) is 9.47 Å². The number of rotatable bonds is 6. The van der Waals surface area contributed by atoms with E-state index in [1.807, 2.05) is 42.5 Å². The summed E-state index contributed by atoms with van der Waals surface area (Å²) in [5.74, 6) is 1.62. The Kier molecular flexibility index (Phi) is 6.77. The molecule has 0 radical (unpaired) electrons. The van der Waals surface area contributed by atoms with Crippen LogP contribution in [0.2, 0.25) is 0 Å². The molecule has 3 N–H and O–H groups in total. The Morgan fingerprint density at radius 2 is 1.89 bits per heavy atom. The SMILES string of the molecule is COc1ccc2c(c1)OCCn1c-2c(C2CCCCC2)c2ccc(C(=O)NC3(C(=O)Nc4ccc5nc[nH]c5c4)CCC3)cc21. The van der Waals surface area contributed by atoms with Crippen LogP contribution in [0, 0.1) is 0 Å². The number of nitrogens with zero attached hydrogens (tertiary/aromatic N) is 2. The van der Waals surface area contributed by atoms with Crippen LogP contribution in [0.25, 0.3) is 33.2 Å². The number of fused-ring (bicyclic) bond motifs is 6. The Bertz CT molecular complexity index is 1950. The molecular weight excluding hydrogens is 566 g/mol. The number of nitrogens with one attached hydrogen (secondary N) is 3. The van der Waals surface area contributed by atoms with E-state index in [1.165, 1.54) is 35.9 Å². The molecule has 8 rings (SSSR count). The molecule has 2 amide bonds. The lowest BCUT2D eigenvalue weighted by Crippen LogP contribution is -2.61. The van der Waals surface area contributed by atoms with Gasteiger partial charge in [0.2, 0.25) is 5.91 Å². The first-order valence-corrected chi connectivity index (χ1v) is 16.1. The Morgan fingerprint density at radius 3 is 2.69 bits per heavy atom. The van der Waals surface area contributed by atoms with Crippen molar-refractivity contribution in [3.8, 4) is 22.8 Å². The molecule has 3 aromatic carbocycles. The number of methoxy groups -OCH3 is 1. The smallest absolute Gasteiger partial charge is 0.252 e. The largest absolute Gasteiger partial charge is 0.497 e. The summed E-state index contributed by atoms with van der Waals surface area (Å²) in [5.41, 5.74) is 6.61. The molecule has 45 heavy (non-hydrogen) atoms. The Hall–Kier alpha value is -4.79. The fraction of sp³-hybridized carbons (Fsp3) is 0.361. The Labute approximate surface area is 261 Å². The van der Waals surface area contributed by atoms with Crippen LogP contribution in [0.4, 0.5) is 5.69 Å². The van der Waals surface area contributed by atoms with E-state index in [0.717, 1.165) is 52.9 Å². The lowest BCUT2D eigenvalue weighted by molar-refractivity contribution is -0.125. The van der Waals surface area contributed by atoms with Gasteiger partial charge in [-0.25, -0.2) is 4.98 Å². The number of anilines is 1. The first-order chi connectivity index (χ1) is 22.0. The first-order valence-electron chi connectivity index (χ1n) is 16.1. The summed E-state index contributed by atoms with van der Waals surface area (Å²) in [5, 5.41) is 7.36. The third-order valence-corrected chi connectivity index (χ3v) is 10.1. The molecule has 9 nitrogen and oxygen atoms in total. The molecule has 1 aliphatic heterocycles. The highest BCUT2D eigenvalue weighted by Crippen LogP contribution is 2.48. The maximum atomic E-state index is 13.9. The molecule has 3 heterocycles. The van der Waals surface area contributed by atoms with Crippen LogP contribution in [0.1, 0.15) is 73.2 Å². The first kappa shape index (κ1) is 27.7. The highest BCUT2D eigenvalue weighted by atomic mass is 16.5. The van der Waals surface area contributed by atoms with E-state index in [0.29, 0.717) is 43.2 Å². The average Bonchev–Trinajstić information content (AvgIpc) is 3.59. The summed E-state index contributed by atoms with van der Waals surface area (Å²) in [6, 6.07) is 17.7. The van der Waals surface area contributed by atoms with Gasteiger partial charge in [0.05, 0.1) is 36.7 Å². The molecule has 9 heteroatoms. The van der Waals surface area contributed by atoms with Gasteiger partial charge in [-0.15, -0.1) is 0 Å². The predicted octanol–water partition coefficient (Wildman–Crippen LogP) is 6.92. The zero-order valence-corrected chi connectivity index (χ0v) is 25.4. The van der Waals surface area contributed by atoms with E-state index in [-0.39, 0.29) is 11.8 Å². The maximum absolute atomic E-state index is 13.9.